The maximum absolute atomic E-state index is 14.6. The number of rotatable bonds is 18. The first kappa shape index (κ1) is 37.3. The molecule has 4 rings (SSSR count). The Morgan fingerprint density at radius 3 is 2.09 bits per heavy atom. The van der Waals surface area contributed by atoms with E-state index in [9.17, 15) is 4.79 Å². The number of benzene rings is 2. The Bertz CT molecular complexity index is 1240. The molecular formula is C40H58O7. The fourth-order valence-corrected chi connectivity index (χ4v) is 6.44. The molecule has 4 atom stereocenters. The average Bonchev–Trinajstić information content (AvgIpc) is 3.30. The first-order valence-electron chi connectivity index (χ1n) is 17.7. The van der Waals surface area contributed by atoms with Crippen molar-refractivity contribution in [2.24, 2.45) is 0 Å². The van der Waals surface area contributed by atoms with Crippen LogP contribution >= 0.6 is 0 Å². The van der Waals surface area contributed by atoms with Gasteiger partial charge < -0.3 is 28.4 Å². The van der Waals surface area contributed by atoms with Crippen molar-refractivity contribution < 1.29 is 33.2 Å². The lowest BCUT2D eigenvalue weighted by atomic mass is 9.77. The van der Waals surface area contributed by atoms with Gasteiger partial charge in [0.05, 0.1) is 26.4 Å². The lowest BCUT2D eigenvalue weighted by molar-refractivity contribution is -0.354. The quantitative estimate of drug-likeness (QED) is 0.0907. The Morgan fingerprint density at radius 1 is 0.872 bits per heavy atom. The predicted octanol–water partition coefficient (Wildman–Crippen LogP) is 8.88. The van der Waals surface area contributed by atoms with Crippen LogP contribution in [0.1, 0.15) is 110 Å². The zero-order valence-electron chi connectivity index (χ0n) is 29.6. The van der Waals surface area contributed by atoms with Gasteiger partial charge in [-0.15, -0.1) is 0 Å². The Labute approximate surface area is 283 Å². The highest BCUT2D eigenvalue weighted by Gasteiger charge is 2.75. The number of allylic oxidation sites excluding steroid dienone is 1. The molecule has 260 valence electrons. The minimum absolute atomic E-state index is 0.105. The van der Waals surface area contributed by atoms with Crippen molar-refractivity contribution in [3.05, 3.63) is 83.9 Å². The predicted molar refractivity (Wildman–Crippen MR) is 185 cm³/mol. The largest absolute Gasteiger partial charge is 0.458 e. The van der Waals surface area contributed by atoms with Crippen molar-refractivity contribution in [2.45, 2.75) is 147 Å². The summed E-state index contributed by atoms with van der Waals surface area (Å²) in [6.07, 6.45) is 13.4. The summed E-state index contributed by atoms with van der Waals surface area (Å²) in [5.74, 6) is -1.62. The van der Waals surface area contributed by atoms with Crippen LogP contribution < -0.4 is 0 Å². The number of ether oxygens (including phenoxy) is 6. The van der Waals surface area contributed by atoms with Gasteiger partial charge in [0.1, 0.15) is 17.8 Å². The van der Waals surface area contributed by atoms with Crippen LogP contribution in [0.2, 0.25) is 0 Å². The van der Waals surface area contributed by atoms with E-state index in [4.69, 9.17) is 28.4 Å². The van der Waals surface area contributed by atoms with Crippen molar-refractivity contribution in [3.63, 3.8) is 0 Å². The number of carbonyl (C=O) groups excluding carboxylic acids is 1. The number of esters is 1. The third-order valence-corrected chi connectivity index (χ3v) is 8.75. The third-order valence-electron chi connectivity index (χ3n) is 8.75. The van der Waals surface area contributed by atoms with Gasteiger partial charge in [-0.2, -0.15) is 0 Å². The van der Waals surface area contributed by atoms with Gasteiger partial charge in [-0.05, 0) is 58.6 Å². The number of unbranched alkanes of at least 4 members (excludes halogenated alkanes) is 8. The Kier molecular flexibility index (Phi) is 13.6. The summed E-state index contributed by atoms with van der Waals surface area (Å²) in [6, 6.07) is 19.9. The summed E-state index contributed by atoms with van der Waals surface area (Å²) < 4.78 is 39.1. The molecule has 2 aliphatic heterocycles. The fourth-order valence-electron chi connectivity index (χ4n) is 6.44. The number of fused-ring (bicyclic) bond motifs is 1. The zero-order chi connectivity index (χ0) is 33.8. The fraction of sp³-hybridized carbons (Fsp3) is 0.625. The van der Waals surface area contributed by atoms with Crippen molar-refractivity contribution in [3.8, 4) is 0 Å². The van der Waals surface area contributed by atoms with E-state index in [2.05, 4.69) is 13.0 Å². The van der Waals surface area contributed by atoms with Crippen molar-refractivity contribution >= 4 is 5.97 Å². The summed E-state index contributed by atoms with van der Waals surface area (Å²) in [7, 11) is 0. The number of hydrogen-bond donors (Lipinski definition) is 0. The summed E-state index contributed by atoms with van der Waals surface area (Å²) >= 11 is 0. The molecular weight excluding hydrogens is 592 g/mol. The Morgan fingerprint density at radius 2 is 1.47 bits per heavy atom. The van der Waals surface area contributed by atoms with Crippen LogP contribution in [-0.2, 0) is 46.4 Å². The lowest BCUT2D eigenvalue weighted by Crippen LogP contribution is -2.72. The van der Waals surface area contributed by atoms with Gasteiger partial charge >= 0.3 is 5.97 Å². The van der Waals surface area contributed by atoms with E-state index >= 15 is 0 Å². The minimum atomic E-state index is -1.65. The molecule has 2 saturated heterocycles. The topological polar surface area (TPSA) is 72.5 Å². The molecule has 2 aliphatic rings. The van der Waals surface area contributed by atoms with Crippen molar-refractivity contribution in [1.82, 2.24) is 0 Å². The number of hydrogen-bond acceptors (Lipinski definition) is 7. The molecule has 0 N–H and O–H groups in total. The molecule has 7 nitrogen and oxygen atoms in total. The van der Waals surface area contributed by atoms with Gasteiger partial charge in [-0.1, -0.05) is 125 Å². The van der Waals surface area contributed by atoms with E-state index < -0.39 is 40.8 Å². The molecule has 2 fully saturated rings. The van der Waals surface area contributed by atoms with Crippen molar-refractivity contribution in [2.75, 3.05) is 13.2 Å². The number of carbonyl (C=O) groups is 1. The van der Waals surface area contributed by atoms with E-state index in [-0.39, 0.29) is 19.8 Å². The molecule has 0 aliphatic carbocycles. The molecule has 2 heterocycles. The van der Waals surface area contributed by atoms with E-state index in [0.29, 0.717) is 6.61 Å². The van der Waals surface area contributed by atoms with E-state index in [1.165, 1.54) is 44.9 Å². The SMILES string of the molecule is CCCCCCCCCC/C=C/[C@]12COC(C)(C)O[C@@]1(C(=O)OC(C)(C)C)[C@H](OCc1ccccc1)[C@@H](COCc1ccccc1)O2. The van der Waals surface area contributed by atoms with Gasteiger partial charge in [0.25, 0.3) is 0 Å². The summed E-state index contributed by atoms with van der Waals surface area (Å²) in [5.41, 5.74) is -1.67. The Hall–Kier alpha value is -2.55. The summed E-state index contributed by atoms with van der Waals surface area (Å²) in [5, 5.41) is 0. The molecule has 2 aromatic rings. The molecule has 0 bridgehead atoms. The summed E-state index contributed by atoms with van der Waals surface area (Å²) in [4.78, 5) is 14.6. The van der Waals surface area contributed by atoms with Gasteiger partial charge in [0.2, 0.25) is 5.60 Å². The van der Waals surface area contributed by atoms with Crippen LogP contribution in [0.25, 0.3) is 0 Å². The molecule has 7 heteroatoms. The standard InChI is InChI=1S/C40H58O7/c1-7-8-9-10-11-12-13-14-15-22-27-39-31-44-38(5,6)47-40(39,36(41)46-37(2,3)4)35(43-29-33-25-20-17-21-26-33)34(45-39)30-42-28-32-23-18-16-19-24-32/h16-27,34-35H,7-15,28-31H2,1-6H3/b27-22+/t34-,35-,39+,40-/m1/s1. The molecule has 2 aromatic carbocycles. The average molecular weight is 651 g/mol. The maximum atomic E-state index is 14.6. The van der Waals surface area contributed by atoms with Gasteiger partial charge in [-0.3, -0.25) is 0 Å². The van der Waals surface area contributed by atoms with Crippen LogP contribution in [0.3, 0.4) is 0 Å². The first-order valence-corrected chi connectivity index (χ1v) is 17.7. The molecule has 0 saturated carbocycles. The van der Waals surface area contributed by atoms with Crippen molar-refractivity contribution in [1.29, 1.82) is 0 Å². The molecule has 0 unspecified atom stereocenters. The van der Waals surface area contributed by atoms with Gasteiger partial charge in [-0.25, -0.2) is 4.79 Å². The second kappa shape index (κ2) is 17.2. The van der Waals surface area contributed by atoms with Gasteiger partial charge in [0, 0.05) is 0 Å². The van der Waals surface area contributed by atoms with E-state index in [1.807, 2.05) is 101 Å². The molecule has 0 radical (unpaired) electrons. The Balaban J connectivity index is 1.63. The zero-order valence-corrected chi connectivity index (χ0v) is 29.6. The molecule has 0 amide bonds. The van der Waals surface area contributed by atoms with Crippen LogP contribution in [0.4, 0.5) is 0 Å². The highest BCUT2D eigenvalue weighted by atomic mass is 16.8. The third kappa shape index (κ3) is 10.2. The highest BCUT2D eigenvalue weighted by Crippen LogP contribution is 2.52. The van der Waals surface area contributed by atoms with E-state index in [1.54, 1.807) is 0 Å². The van der Waals surface area contributed by atoms with E-state index in [0.717, 1.165) is 24.0 Å². The van der Waals surface area contributed by atoms with Crippen LogP contribution in [0, 0.1) is 0 Å². The second-order valence-corrected chi connectivity index (χ2v) is 14.5. The minimum Gasteiger partial charge on any atom is -0.458 e. The van der Waals surface area contributed by atoms with Gasteiger partial charge in [0.15, 0.2) is 11.4 Å². The van der Waals surface area contributed by atoms with Crippen LogP contribution in [0.5, 0.6) is 0 Å². The normalized spacial score (nSPS) is 25.6. The maximum Gasteiger partial charge on any atom is 0.345 e. The first-order chi connectivity index (χ1) is 22.5. The summed E-state index contributed by atoms with van der Waals surface area (Å²) in [6.45, 7) is 12.4. The molecule has 47 heavy (non-hydrogen) atoms. The van der Waals surface area contributed by atoms with Crippen LogP contribution in [0.15, 0.2) is 72.8 Å². The second-order valence-electron chi connectivity index (χ2n) is 14.5. The lowest BCUT2D eigenvalue weighted by Gasteiger charge is -2.51. The monoisotopic (exact) mass is 650 g/mol. The molecule has 0 spiro atoms. The highest BCUT2D eigenvalue weighted by molar-refractivity contribution is 5.84. The smallest absolute Gasteiger partial charge is 0.345 e. The van der Waals surface area contributed by atoms with Crippen LogP contribution in [-0.4, -0.2) is 54.0 Å². The molecule has 0 aromatic heterocycles.